The minimum Gasteiger partial charge on any atom is -0.343 e. The summed E-state index contributed by atoms with van der Waals surface area (Å²) in [5.74, 6) is 1.80. The van der Waals surface area contributed by atoms with Gasteiger partial charge >= 0.3 is 0 Å². The molecule has 0 aliphatic carbocycles. The minimum absolute atomic E-state index is 0.400. The number of hydrogen-bond acceptors (Lipinski definition) is 2. The minimum atomic E-state index is 0.400. The summed E-state index contributed by atoms with van der Waals surface area (Å²) in [5, 5.41) is 0. The molecule has 1 unspecified atom stereocenters. The first kappa shape index (κ1) is 12.9. The van der Waals surface area contributed by atoms with Gasteiger partial charge in [-0.1, -0.05) is 6.92 Å². The van der Waals surface area contributed by atoms with Crippen LogP contribution in [0.4, 0.5) is 0 Å². The Bertz CT molecular complexity index is 259. The van der Waals surface area contributed by atoms with E-state index < -0.39 is 0 Å². The lowest BCUT2D eigenvalue weighted by atomic mass is 9.93. The molecule has 98 valence electrons. The van der Waals surface area contributed by atoms with Crippen LogP contribution in [0.5, 0.6) is 0 Å². The highest BCUT2D eigenvalue weighted by Crippen LogP contribution is 2.22. The maximum atomic E-state index is 12.2. The third kappa shape index (κ3) is 3.70. The number of likely N-dealkylation sites (tertiary alicyclic amines) is 2. The number of carbonyl (C=O) groups excluding carboxylic acids is 1. The fourth-order valence-corrected chi connectivity index (χ4v) is 3.07. The van der Waals surface area contributed by atoms with Gasteiger partial charge in [0.15, 0.2) is 0 Å². The molecule has 0 aromatic carbocycles. The Morgan fingerprint density at radius 3 is 2.53 bits per heavy atom. The van der Waals surface area contributed by atoms with Gasteiger partial charge in [0.05, 0.1) is 0 Å². The van der Waals surface area contributed by atoms with E-state index in [2.05, 4.69) is 23.8 Å². The normalized spacial score (nSPS) is 28.4. The summed E-state index contributed by atoms with van der Waals surface area (Å²) in [5.41, 5.74) is 0. The average Bonchev–Trinajstić information content (AvgIpc) is 2.29. The molecule has 0 N–H and O–H groups in total. The van der Waals surface area contributed by atoms with Gasteiger partial charge in [-0.25, -0.2) is 0 Å². The quantitative estimate of drug-likeness (QED) is 0.734. The molecule has 0 aromatic rings. The van der Waals surface area contributed by atoms with Gasteiger partial charge in [0.1, 0.15) is 0 Å². The maximum Gasteiger partial charge on any atom is 0.222 e. The van der Waals surface area contributed by atoms with Crippen LogP contribution in [0.2, 0.25) is 0 Å². The van der Waals surface area contributed by atoms with Gasteiger partial charge in [-0.2, -0.15) is 0 Å². The first-order valence-corrected chi connectivity index (χ1v) is 7.11. The maximum absolute atomic E-state index is 12.2. The van der Waals surface area contributed by atoms with E-state index >= 15 is 0 Å². The van der Waals surface area contributed by atoms with Crippen LogP contribution in [0.3, 0.4) is 0 Å². The third-order valence-corrected chi connectivity index (χ3v) is 4.32. The number of carbonyl (C=O) groups is 1. The molecular weight excluding hydrogens is 212 g/mol. The van der Waals surface area contributed by atoms with Crippen molar-refractivity contribution in [2.75, 3.05) is 33.2 Å². The summed E-state index contributed by atoms with van der Waals surface area (Å²) in [6, 6.07) is 0. The van der Waals surface area contributed by atoms with Crippen LogP contribution in [0, 0.1) is 11.8 Å². The van der Waals surface area contributed by atoms with Crippen LogP contribution >= 0.6 is 0 Å². The second-order valence-electron chi connectivity index (χ2n) is 6.04. The van der Waals surface area contributed by atoms with Crippen LogP contribution in [0.15, 0.2) is 0 Å². The molecule has 1 atom stereocenters. The lowest BCUT2D eigenvalue weighted by molar-refractivity contribution is -0.133. The lowest BCUT2D eigenvalue weighted by Crippen LogP contribution is -2.40. The van der Waals surface area contributed by atoms with Crippen molar-refractivity contribution in [3.8, 4) is 0 Å². The van der Waals surface area contributed by atoms with E-state index in [9.17, 15) is 4.79 Å². The van der Waals surface area contributed by atoms with Crippen LogP contribution in [-0.4, -0.2) is 48.9 Å². The van der Waals surface area contributed by atoms with Gasteiger partial charge in [0.2, 0.25) is 5.91 Å². The van der Waals surface area contributed by atoms with Crippen molar-refractivity contribution < 1.29 is 4.79 Å². The standard InChI is InChI=1S/C14H26N2O/c1-12-5-8-16(9-6-12)14(17)10-13-4-3-7-15(2)11-13/h12-13H,3-11H2,1-2H3. The summed E-state index contributed by atoms with van der Waals surface area (Å²) in [7, 11) is 2.17. The largest absolute Gasteiger partial charge is 0.343 e. The van der Waals surface area contributed by atoms with Crippen LogP contribution in [0.1, 0.15) is 39.0 Å². The van der Waals surface area contributed by atoms with Crippen molar-refractivity contribution in [3.05, 3.63) is 0 Å². The van der Waals surface area contributed by atoms with Gasteiger partial charge in [0.25, 0.3) is 0 Å². The number of amides is 1. The van der Waals surface area contributed by atoms with Crippen molar-refractivity contribution in [3.63, 3.8) is 0 Å². The molecule has 0 aromatic heterocycles. The number of rotatable bonds is 2. The van der Waals surface area contributed by atoms with Crippen molar-refractivity contribution in [2.24, 2.45) is 11.8 Å². The zero-order valence-corrected chi connectivity index (χ0v) is 11.3. The van der Waals surface area contributed by atoms with E-state index in [1.807, 2.05) is 0 Å². The smallest absolute Gasteiger partial charge is 0.222 e. The molecule has 2 aliphatic heterocycles. The summed E-state index contributed by atoms with van der Waals surface area (Å²) in [6.45, 7) is 6.57. The highest BCUT2D eigenvalue weighted by Gasteiger charge is 2.25. The molecule has 0 radical (unpaired) electrons. The fraction of sp³-hybridized carbons (Fsp3) is 0.929. The van der Waals surface area contributed by atoms with Crippen LogP contribution < -0.4 is 0 Å². The molecular formula is C14H26N2O. The molecule has 0 spiro atoms. The molecule has 2 heterocycles. The Hall–Kier alpha value is -0.570. The Morgan fingerprint density at radius 1 is 1.18 bits per heavy atom. The molecule has 3 nitrogen and oxygen atoms in total. The van der Waals surface area contributed by atoms with Gasteiger partial charge in [-0.15, -0.1) is 0 Å². The van der Waals surface area contributed by atoms with Crippen LogP contribution in [0.25, 0.3) is 0 Å². The second kappa shape index (κ2) is 5.85. The highest BCUT2D eigenvalue weighted by atomic mass is 16.2. The highest BCUT2D eigenvalue weighted by molar-refractivity contribution is 5.76. The monoisotopic (exact) mass is 238 g/mol. The van der Waals surface area contributed by atoms with Gasteiger partial charge < -0.3 is 9.80 Å². The molecule has 2 saturated heterocycles. The third-order valence-electron chi connectivity index (χ3n) is 4.32. The first-order valence-electron chi connectivity index (χ1n) is 7.11. The summed E-state index contributed by atoms with van der Waals surface area (Å²) < 4.78 is 0. The summed E-state index contributed by atoms with van der Waals surface area (Å²) >= 11 is 0. The number of piperidine rings is 2. The predicted molar refractivity (Wildman–Crippen MR) is 69.8 cm³/mol. The zero-order valence-electron chi connectivity index (χ0n) is 11.3. The second-order valence-corrected chi connectivity index (χ2v) is 6.04. The SMILES string of the molecule is CC1CCN(C(=O)CC2CCCN(C)C2)CC1. The van der Waals surface area contributed by atoms with Gasteiger partial charge in [-0.3, -0.25) is 4.79 Å². The van der Waals surface area contributed by atoms with Crippen molar-refractivity contribution >= 4 is 5.91 Å². The van der Waals surface area contributed by atoms with E-state index in [1.54, 1.807) is 0 Å². The van der Waals surface area contributed by atoms with E-state index in [1.165, 1.54) is 32.2 Å². The fourth-order valence-electron chi connectivity index (χ4n) is 3.07. The Balaban J connectivity index is 1.76. The molecule has 2 aliphatic rings. The average molecular weight is 238 g/mol. The first-order chi connectivity index (χ1) is 8.15. The van der Waals surface area contributed by atoms with E-state index in [4.69, 9.17) is 0 Å². The topological polar surface area (TPSA) is 23.6 Å². The number of hydrogen-bond donors (Lipinski definition) is 0. The Morgan fingerprint density at radius 2 is 1.88 bits per heavy atom. The molecule has 17 heavy (non-hydrogen) atoms. The van der Waals surface area contributed by atoms with E-state index in [0.717, 1.165) is 32.0 Å². The molecule has 0 saturated carbocycles. The molecule has 2 fully saturated rings. The van der Waals surface area contributed by atoms with Crippen molar-refractivity contribution in [2.45, 2.75) is 39.0 Å². The summed E-state index contributed by atoms with van der Waals surface area (Å²) in [4.78, 5) is 16.6. The van der Waals surface area contributed by atoms with Crippen molar-refractivity contribution in [1.29, 1.82) is 0 Å². The molecule has 2 rings (SSSR count). The Kier molecular flexibility index (Phi) is 4.43. The predicted octanol–water partition coefficient (Wildman–Crippen LogP) is 1.98. The molecule has 3 heteroatoms. The number of nitrogens with zero attached hydrogens (tertiary/aromatic N) is 2. The lowest BCUT2D eigenvalue weighted by Gasteiger charge is -2.34. The Labute approximate surface area is 105 Å². The van der Waals surface area contributed by atoms with Gasteiger partial charge in [-0.05, 0) is 51.1 Å². The van der Waals surface area contributed by atoms with E-state index in [-0.39, 0.29) is 0 Å². The van der Waals surface area contributed by atoms with E-state index in [0.29, 0.717) is 11.8 Å². The molecule has 1 amide bonds. The zero-order chi connectivity index (χ0) is 12.3. The van der Waals surface area contributed by atoms with Crippen molar-refractivity contribution in [1.82, 2.24) is 9.80 Å². The van der Waals surface area contributed by atoms with Crippen LogP contribution in [-0.2, 0) is 4.79 Å². The van der Waals surface area contributed by atoms with Gasteiger partial charge in [0, 0.05) is 26.1 Å². The summed E-state index contributed by atoms with van der Waals surface area (Å²) in [6.07, 6.45) is 5.65. The molecule has 0 bridgehead atoms.